The standard InChI is InChI=1S/C9H13NO2/c1-7(6-10)8-4-2-3-5-9(11)12-8/h7-8H,2-5H2,1H3. The molecule has 0 aromatic carbocycles. The Morgan fingerprint density at radius 2 is 2.42 bits per heavy atom. The molecular weight excluding hydrogens is 154 g/mol. The molecule has 1 rings (SSSR count). The minimum atomic E-state index is -0.176. The predicted octanol–water partition coefficient (Wildman–Crippen LogP) is 1.63. The summed E-state index contributed by atoms with van der Waals surface area (Å²) in [5, 5.41) is 8.62. The third-order valence-corrected chi connectivity index (χ3v) is 2.16. The molecule has 0 aromatic heterocycles. The molecule has 0 aromatic rings. The van der Waals surface area contributed by atoms with Crippen molar-refractivity contribution in [1.29, 1.82) is 5.26 Å². The van der Waals surface area contributed by atoms with Crippen LogP contribution in [0.1, 0.15) is 32.6 Å². The van der Waals surface area contributed by atoms with Gasteiger partial charge in [-0.2, -0.15) is 5.26 Å². The van der Waals surface area contributed by atoms with E-state index in [0.717, 1.165) is 19.3 Å². The highest BCUT2D eigenvalue weighted by molar-refractivity contribution is 5.69. The van der Waals surface area contributed by atoms with Crippen molar-refractivity contribution < 1.29 is 9.53 Å². The normalized spacial score (nSPS) is 26.7. The van der Waals surface area contributed by atoms with Gasteiger partial charge < -0.3 is 4.74 Å². The van der Waals surface area contributed by atoms with Gasteiger partial charge in [0.2, 0.25) is 0 Å². The first-order valence-electron chi connectivity index (χ1n) is 4.33. The van der Waals surface area contributed by atoms with Crippen LogP contribution in [0, 0.1) is 17.2 Å². The molecule has 0 aliphatic carbocycles. The number of carbonyl (C=O) groups excluding carboxylic acids is 1. The van der Waals surface area contributed by atoms with E-state index in [1.165, 1.54) is 0 Å². The molecule has 0 amide bonds. The largest absolute Gasteiger partial charge is 0.461 e. The molecule has 1 saturated heterocycles. The van der Waals surface area contributed by atoms with Crippen molar-refractivity contribution in [3.05, 3.63) is 0 Å². The lowest BCUT2D eigenvalue weighted by molar-refractivity contribution is -0.149. The molecule has 12 heavy (non-hydrogen) atoms. The minimum Gasteiger partial charge on any atom is -0.461 e. The van der Waals surface area contributed by atoms with Crippen LogP contribution in [0.3, 0.4) is 0 Å². The Morgan fingerprint density at radius 3 is 3.08 bits per heavy atom. The maximum Gasteiger partial charge on any atom is 0.306 e. The number of hydrogen-bond acceptors (Lipinski definition) is 3. The molecule has 0 bridgehead atoms. The number of ether oxygens (including phenoxy) is 1. The van der Waals surface area contributed by atoms with Crippen LogP contribution >= 0.6 is 0 Å². The summed E-state index contributed by atoms with van der Waals surface area (Å²) in [7, 11) is 0. The van der Waals surface area contributed by atoms with Gasteiger partial charge in [0.15, 0.2) is 0 Å². The molecule has 2 atom stereocenters. The summed E-state index contributed by atoms with van der Waals surface area (Å²) in [6.07, 6.45) is 3.05. The van der Waals surface area contributed by atoms with Crippen LogP contribution < -0.4 is 0 Å². The zero-order valence-electron chi connectivity index (χ0n) is 7.25. The van der Waals surface area contributed by atoms with Crippen molar-refractivity contribution in [2.75, 3.05) is 0 Å². The molecule has 1 heterocycles. The van der Waals surface area contributed by atoms with E-state index in [-0.39, 0.29) is 18.0 Å². The van der Waals surface area contributed by atoms with Gasteiger partial charge in [-0.05, 0) is 26.2 Å². The molecule has 0 radical (unpaired) electrons. The van der Waals surface area contributed by atoms with Gasteiger partial charge >= 0.3 is 5.97 Å². The Hall–Kier alpha value is -1.04. The summed E-state index contributed by atoms with van der Waals surface area (Å²) in [4.78, 5) is 11.0. The summed E-state index contributed by atoms with van der Waals surface area (Å²) in [5.74, 6) is -0.327. The van der Waals surface area contributed by atoms with E-state index in [1.807, 2.05) is 0 Å². The number of nitriles is 1. The average Bonchev–Trinajstić information content (AvgIpc) is 2.28. The van der Waals surface area contributed by atoms with Crippen LogP contribution in [0.5, 0.6) is 0 Å². The third kappa shape index (κ3) is 2.23. The maximum absolute atomic E-state index is 11.0. The molecule has 0 N–H and O–H groups in total. The van der Waals surface area contributed by atoms with Crippen LogP contribution in [-0.4, -0.2) is 12.1 Å². The molecule has 2 unspecified atom stereocenters. The molecule has 0 saturated carbocycles. The molecule has 1 aliphatic heterocycles. The van der Waals surface area contributed by atoms with Gasteiger partial charge in [-0.1, -0.05) is 0 Å². The number of rotatable bonds is 1. The Morgan fingerprint density at radius 1 is 1.67 bits per heavy atom. The number of cyclic esters (lactones) is 1. The second-order valence-electron chi connectivity index (χ2n) is 3.19. The summed E-state index contributed by atoms with van der Waals surface area (Å²) >= 11 is 0. The van der Waals surface area contributed by atoms with Gasteiger partial charge in [0, 0.05) is 6.42 Å². The summed E-state index contributed by atoms with van der Waals surface area (Å²) < 4.78 is 5.10. The number of hydrogen-bond donors (Lipinski definition) is 0. The lowest BCUT2D eigenvalue weighted by Crippen LogP contribution is -2.22. The molecule has 3 nitrogen and oxygen atoms in total. The van der Waals surface area contributed by atoms with E-state index in [4.69, 9.17) is 10.00 Å². The quantitative estimate of drug-likeness (QED) is 0.558. The van der Waals surface area contributed by atoms with Gasteiger partial charge in [-0.3, -0.25) is 4.79 Å². The van der Waals surface area contributed by atoms with E-state index in [1.54, 1.807) is 6.92 Å². The Labute approximate surface area is 72.3 Å². The van der Waals surface area contributed by atoms with Gasteiger partial charge in [-0.25, -0.2) is 0 Å². The summed E-state index contributed by atoms with van der Waals surface area (Å²) in [5.41, 5.74) is 0. The van der Waals surface area contributed by atoms with E-state index >= 15 is 0 Å². The number of carbonyl (C=O) groups is 1. The van der Waals surface area contributed by atoms with Gasteiger partial charge in [0.1, 0.15) is 6.10 Å². The maximum atomic E-state index is 11.0. The smallest absolute Gasteiger partial charge is 0.306 e. The Bertz CT molecular complexity index is 207. The zero-order valence-corrected chi connectivity index (χ0v) is 7.25. The molecule has 0 spiro atoms. The van der Waals surface area contributed by atoms with E-state index in [9.17, 15) is 4.79 Å². The van der Waals surface area contributed by atoms with Crippen LogP contribution in [0.25, 0.3) is 0 Å². The second kappa shape index (κ2) is 4.10. The fourth-order valence-corrected chi connectivity index (χ4v) is 1.34. The van der Waals surface area contributed by atoms with Gasteiger partial charge in [-0.15, -0.1) is 0 Å². The van der Waals surface area contributed by atoms with E-state index in [2.05, 4.69) is 6.07 Å². The minimum absolute atomic E-state index is 0.153. The van der Waals surface area contributed by atoms with E-state index < -0.39 is 0 Å². The first kappa shape index (κ1) is 9.05. The van der Waals surface area contributed by atoms with Crippen LogP contribution in [-0.2, 0) is 9.53 Å². The van der Waals surface area contributed by atoms with Gasteiger partial charge in [0.25, 0.3) is 0 Å². The highest BCUT2D eigenvalue weighted by Gasteiger charge is 2.23. The fraction of sp³-hybridized carbons (Fsp3) is 0.778. The highest BCUT2D eigenvalue weighted by atomic mass is 16.5. The first-order chi connectivity index (χ1) is 5.74. The van der Waals surface area contributed by atoms with Gasteiger partial charge in [0.05, 0.1) is 12.0 Å². The van der Waals surface area contributed by atoms with Crippen molar-refractivity contribution in [3.63, 3.8) is 0 Å². The lowest BCUT2D eigenvalue weighted by atomic mass is 10.0. The number of esters is 1. The van der Waals surface area contributed by atoms with Crippen LogP contribution in [0.15, 0.2) is 0 Å². The number of nitrogens with zero attached hydrogens (tertiary/aromatic N) is 1. The van der Waals surface area contributed by atoms with Crippen LogP contribution in [0.4, 0.5) is 0 Å². The van der Waals surface area contributed by atoms with Crippen molar-refractivity contribution in [1.82, 2.24) is 0 Å². The molecule has 1 aliphatic rings. The van der Waals surface area contributed by atoms with Crippen molar-refractivity contribution in [2.24, 2.45) is 5.92 Å². The van der Waals surface area contributed by atoms with Crippen molar-refractivity contribution in [2.45, 2.75) is 38.7 Å². The van der Waals surface area contributed by atoms with Crippen molar-refractivity contribution in [3.8, 4) is 6.07 Å². The fourth-order valence-electron chi connectivity index (χ4n) is 1.34. The topological polar surface area (TPSA) is 50.1 Å². The molecule has 3 heteroatoms. The zero-order chi connectivity index (χ0) is 8.97. The van der Waals surface area contributed by atoms with E-state index in [0.29, 0.717) is 6.42 Å². The Kier molecular flexibility index (Phi) is 3.09. The van der Waals surface area contributed by atoms with Crippen LogP contribution in [0.2, 0.25) is 0 Å². The van der Waals surface area contributed by atoms with Crippen molar-refractivity contribution >= 4 is 5.97 Å². The summed E-state index contributed by atoms with van der Waals surface area (Å²) in [6.45, 7) is 1.79. The Balaban J connectivity index is 2.53. The predicted molar refractivity (Wildman–Crippen MR) is 43.1 cm³/mol. The average molecular weight is 167 g/mol. The molecular formula is C9H13NO2. The lowest BCUT2D eigenvalue weighted by Gasteiger charge is -2.16. The highest BCUT2D eigenvalue weighted by Crippen LogP contribution is 2.19. The summed E-state index contributed by atoms with van der Waals surface area (Å²) in [6, 6.07) is 2.11. The first-order valence-corrected chi connectivity index (χ1v) is 4.33. The molecule has 1 fully saturated rings. The molecule has 66 valence electrons. The monoisotopic (exact) mass is 167 g/mol. The second-order valence-corrected chi connectivity index (χ2v) is 3.19. The SMILES string of the molecule is CC(C#N)C1CCCCC(=O)O1. The third-order valence-electron chi connectivity index (χ3n) is 2.16.